The van der Waals surface area contributed by atoms with Crippen LogP contribution in [0.2, 0.25) is 0 Å². The van der Waals surface area contributed by atoms with Gasteiger partial charge in [-0.3, -0.25) is 9.59 Å². The highest BCUT2D eigenvalue weighted by atomic mass is 16.5. The van der Waals surface area contributed by atoms with Crippen molar-refractivity contribution in [1.29, 1.82) is 0 Å². The Morgan fingerprint density at radius 2 is 2.08 bits per heavy atom. The molecule has 1 aliphatic rings. The molecule has 1 heterocycles. The fourth-order valence-corrected chi connectivity index (χ4v) is 2.76. The number of nitrogens with one attached hydrogen (secondary N) is 1. The second-order valence-electron chi connectivity index (χ2n) is 6.35. The first-order chi connectivity index (χ1) is 11.4. The topological polar surface area (TPSA) is 91.8 Å². The number of ether oxygens (including phenoxy) is 1. The fourth-order valence-electron chi connectivity index (χ4n) is 2.76. The number of nitrogens with zero attached hydrogens (tertiary/aromatic N) is 2. The van der Waals surface area contributed by atoms with Gasteiger partial charge < -0.3 is 20.1 Å². The number of hydrogen-bond donors (Lipinski definition) is 2. The van der Waals surface area contributed by atoms with E-state index in [9.17, 15) is 14.7 Å². The van der Waals surface area contributed by atoms with E-state index in [4.69, 9.17) is 4.74 Å². The predicted molar refractivity (Wildman–Crippen MR) is 88.3 cm³/mol. The van der Waals surface area contributed by atoms with Gasteiger partial charge >= 0.3 is 0 Å². The summed E-state index contributed by atoms with van der Waals surface area (Å²) < 4.78 is 5.05. The summed E-state index contributed by atoms with van der Waals surface area (Å²) in [7, 11) is 4.88. The molecule has 1 atom stereocenters. The van der Waals surface area contributed by atoms with Crippen LogP contribution in [0.3, 0.4) is 0 Å². The van der Waals surface area contributed by atoms with Crippen LogP contribution in [0.4, 0.5) is 0 Å². The van der Waals surface area contributed by atoms with Gasteiger partial charge in [0.05, 0.1) is 19.3 Å². The Balaban J connectivity index is 2.00. The van der Waals surface area contributed by atoms with Crippen LogP contribution in [0.15, 0.2) is 18.3 Å². The number of aliphatic hydroxyl groups excluding tert-OH is 1. The molecule has 0 aromatic carbocycles. The molecule has 132 valence electrons. The van der Waals surface area contributed by atoms with Crippen molar-refractivity contribution in [3.8, 4) is 5.88 Å². The average molecular weight is 335 g/mol. The molecular weight excluding hydrogens is 310 g/mol. The molecule has 1 saturated carbocycles. The Hall–Kier alpha value is -2.15. The van der Waals surface area contributed by atoms with Gasteiger partial charge in [0.15, 0.2) is 0 Å². The summed E-state index contributed by atoms with van der Waals surface area (Å²) in [5.74, 6) is 0.428. The summed E-state index contributed by atoms with van der Waals surface area (Å²) in [6, 6.07) is 3.40. The lowest BCUT2D eigenvalue weighted by molar-refractivity contribution is -0.132. The van der Waals surface area contributed by atoms with Crippen molar-refractivity contribution in [1.82, 2.24) is 15.2 Å². The minimum Gasteiger partial charge on any atom is -0.481 e. The van der Waals surface area contributed by atoms with Gasteiger partial charge in [-0.2, -0.15) is 0 Å². The van der Waals surface area contributed by atoms with Gasteiger partial charge in [0, 0.05) is 39.2 Å². The van der Waals surface area contributed by atoms with Crippen LogP contribution < -0.4 is 10.1 Å². The second-order valence-corrected chi connectivity index (χ2v) is 6.35. The van der Waals surface area contributed by atoms with Crippen molar-refractivity contribution >= 4 is 11.8 Å². The number of carbonyl (C=O) groups is 2. The van der Waals surface area contributed by atoms with Gasteiger partial charge in [-0.15, -0.1) is 0 Å². The number of amides is 2. The highest BCUT2D eigenvalue weighted by molar-refractivity contribution is 5.83. The molecule has 2 N–H and O–H groups in total. The number of carbonyl (C=O) groups excluding carboxylic acids is 2. The lowest BCUT2D eigenvalue weighted by Crippen LogP contribution is -2.41. The summed E-state index contributed by atoms with van der Waals surface area (Å²) in [6.07, 6.45) is 2.99. The molecule has 0 aliphatic heterocycles. The van der Waals surface area contributed by atoms with E-state index in [1.54, 1.807) is 33.5 Å². The van der Waals surface area contributed by atoms with E-state index >= 15 is 0 Å². The first kappa shape index (κ1) is 18.2. The molecule has 1 unspecified atom stereocenters. The number of hydrogen-bond acceptors (Lipinski definition) is 5. The minimum absolute atomic E-state index is 0.0770. The number of pyridine rings is 1. The highest BCUT2D eigenvalue weighted by Crippen LogP contribution is 2.38. The molecule has 7 nitrogen and oxygen atoms in total. The average Bonchev–Trinajstić information content (AvgIpc) is 2.55. The van der Waals surface area contributed by atoms with Crippen LogP contribution in [-0.4, -0.2) is 54.1 Å². The minimum atomic E-state index is -0.309. The monoisotopic (exact) mass is 335 g/mol. The van der Waals surface area contributed by atoms with E-state index < -0.39 is 0 Å². The molecule has 2 amide bonds. The van der Waals surface area contributed by atoms with Crippen LogP contribution in [0.1, 0.15) is 37.3 Å². The smallest absolute Gasteiger partial charge is 0.222 e. The molecule has 7 heteroatoms. The maximum Gasteiger partial charge on any atom is 0.222 e. The van der Waals surface area contributed by atoms with Crippen LogP contribution in [0, 0.1) is 5.92 Å². The quantitative estimate of drug-likeness (QED) is 0.772. The molecule has 1 aromatic rings. The third-order valence-electron chi connectivity index (χ3n) is 4.33. The van der Waals surface area contributed by atoms with E-state index in [2.05, 4.69) is 10.3 Å². The van der Waals surface area contributed by atoms with Gasteiger partial charge in [-0.1, -0.05) is 6.07 Å². The standard InChI is InChI=1S/C17H25N3O4/c1-20(2)16(23)7-5-14(22)19-17(12-8-13(21)9-12)11-4-6-15(24-3)18-10-11/h4,6,10,12-13,17,21H,5,7-9H2,1-3H3,(H,19,22). The zero-order chi connectivity index (χ0) is 17.7. The number of aliphatic hydroxyl groups is 1. The molecular formula is C17H25N3O4. The molecule has 0 bridgehead atoms. The molecule has 1 fully saturated rings. The van der Waals surface area contributed by atoms with Crippen molar-refractivity contribution in [3.05, 3.63) is 23.9 Å². The maximum absolute atomic E-state index is 12.2. The van der Waals surface area contributed by atoms with E-state index in [1.165, 1.54) is 4.90 Å². The molecule has 1 aromatic heterocycles. The van der Waals surface area contributed by atoms with Crippen LogP contribution in [0.5, 0.6) is 5.88 Å². The molecule has 0 spiro atoms. The molecule has 24 heavy (non-hydrogen) atoms. The Bertz CT molecular complexity index is 568. The van der Waals surface area contributed by atoms with E-state index in [0.717, 1.165) is 5.56 Å². The zero-order valence-electron chi connectivity index (χ0n) is 14.4. The van der Waals surface area contributed by atoms with Gasteiger partial charge in [0.25, 0.3) is 0 Å². The molecule has 1 aliphatic carbocycles. The number of aromatic nitrogens is 1. The Morgan fingerprint density at radius 3 is 2.58 bits per heavy atom. The van der Waals surface area contributed by atoms with Crippen molar-refractivity contribution in [2.24, 2.45) is 5.92 Å². The molecule has 0 saturated heterocycles. The lowest BCUT2D eigenvalue weighted by Gasteiger charge is -2.38. The van der Waals surface area contributed by atoms with Crippen molar-refractivity contribution in [2.45, 2.75) is 37.8 Å². The van der Waals surface area contributed by atoms with Gasteiger partial charge in [-0.05, 0) is 24.3 Å². The van der Waals surface area contributed by atoms with E-state index in [1.807, 2.05) is 6.07 Å². The van der Waals surface area contributed by atoms with Gasteiger partial charge in [0.1, 0.15) is 0 Å². The SMILES string of the molecule is COc1ccc(C(NC(=O)CCC(=O)N(C)C)C2CC(O)C2)cn1. The van der Waals surface area contributed by atoms with E-state index in [0.29, 0.717) is 18.7 Å². The van der Waals surface area contributed by atoms with Crippen molar-refractivity contribution < 1.29 is 19.4 Å². The Morgan fingerprint density at radius 1 is 1.38 bits per heavy atom. The van der Waals surface area contributed by atoms with Crippen LogP contribution in [0.25, 0.3) is 0 Å². The normalized spacial score (nSPS) is 20.7. The summed E-state index contributed by atoms with van der Waals surface area (Å²) in [6.45, 7) is 0. The fraction of sp³-hybridized carbons (Fsp3) is 0.588. The zero-order valence-corrected chi connectivity index (χ0v) is 14.4. The summed E-state index contributed by atoms with van der Waals surface area (Å²) in [5.41, 5.74) is 0.875. The summed E-state index contributed by atoms with van der Waals surface area (Å²) in [4.78, 5) is 29.5. The Labute approximate surface area is 142 Å². The summed E-state index contributed by atoms with van der Waals surface area (Å²) in [5, 5.41) is 12.6. The third-order valence-corrected chi connectivity index (χ3v) is 4.33. The van der Waals surface area contributed by atoms with Crippen LogP contribution >= 0.6 is 0 Å². The first-order valence-electron chi connectivity index (χ1n) is 8.08. The van der Waals surface area contributed by atoms with Crippen LogP contribution in [-0.2, 0) is 9.59 Å². The predicted octanol–water partition coefficient (Wildman–Crippen LogP) is 0.887. The van der Waals surface area contributed by atoms with E-state index in [-0.39, 0.29) is 42.7 Å². The van der Waals surface area contributed by atoms with Crippen molar-refractivity contribution in [2.75, 3.05) is 21.2 Å². The second kappa shape index (κ2) is 8.10. The number of rotatable bonds is 7. The summed E-state index contributed by atoms with van der Waals surface area (Å²) >= 11 is 0. The van der Waals surface area contributed by atoms with Gasteiger partial charge in [0.2, 0.25) is 17.7 Å². The molecule has 0 radical (unpaired) electrons. The van der Waals surface area contributed by atoms with Gasteiger partial charge in [-0.25, -0.2) is 4.98 Å². The largest absolute Gasteiger partial charge is 0.481 e. The first-order valence-corrected chi connectivity index (χ1v) is 8.08. The molecule has 2 rings (SSSR count). The Kier molecular flexibility index (Phi) is 6.14. The number of methoxy groups -OCH3 is 1. The highest BCUT2D eigenvalue weighted by Gasteiger charge is 2.35. The third kappa shape index (κ3) is 4.67. The maximum atomic E-state index is 12.2. The lowest BCUT2D eigenvalue weighted by atomic mass is 9.75. The van der Waals surface area contributed by atoms with Crippen molar-refractivity contribution in [3.63, 3.8) is 0 Å².